The number of rotatable bonds is 3. The third-order valence-corrected chi connectivity index (χ3v) is 5.58. The fraction of sp³-hybridized carbons (Fsp3) is 0.882. The number of hydrogen-bond donors (Lipinski definition) is 1. The molecule has 3 rings (SSSR count). The lowest BCUT2D eigenvalue weighted by atomic mass is 9.77. The molecule has 1 heterocycles. The minimum atomic E-state index is -0.302. The van der Waals surface area contributed by atoms with Gasteiger partial charge in [-0.1, -0.05) is 31.8 Å². The van der Waals surface area contributed by atoms with Crippen LogP contribution in [0, 0.1) is 11.8 Å². The summed E-state index contributed by atoms with van der Waals surface area (Å²) in [6.07, 6.45) is 8.70. The molecule has 0 spiro atoms. The van der Waals surface area contributed by atoms with Gasteiger partial charge in [-0.15, -0.1) is 0 Å². The lowest BCUT2D eigenvalue weighted by Gasteiger charge is -2.29. The van der Waals surface area contributed by atoms with Crippen molar-refractivity contribution < 1.29 is 9.63 Å². The normalized spacial score (nSPS) is 34.3. The molecule has 4 heteroatoms. The van der Waals surface area contributed by atoms with Gasteiger partial charge in [0.1, 0.15) is 0 Å². The Bertz CT molecular complexity index is 449. The highest BCUT2D eigenvalue weighted by atomic mass is 16.5. The van der Waals surface area contributed by atoms with Gasteiger partial charge in [-0.25, -0.2) is 0 Å². The lowest BCUT2D eigenvalue weighted by Crippen LogP contribution is -2.23. The summed E-state index contributed by atoms with van der Waals surface area (Å²) in [5, 5.41) is 14.3. The van der Waals surface area contributed by atoms with Gasteiger partial charge in [0.25, 0.3) is 0 Å². The molecule has 2 fully saturated rings. The molecular formula is C17H28N2O2. The van der Waals surface area contributed by atoms with Crippen LogP contribution in [0.1, 0.15) is 88.8 Å². The summed E-state index contributed by atoms with van der Waals surface area (Å²) >= 11 is 0. The zero-order valence-electron chi connectivity index (χ0n) is 13.3. The standard InChI is InChI=1S/C17H28N2O2/c1-11(2)12-7-9-13(10-8-12)16-18-17(21-19-16)14-5-3-4-6-15(14)20/h11-15,20H,3-10H2,1-2H3. The van der Waals surface area contributed by atoms with E-state index in [0.29, 0.717) is 11.8 Å². The van der Waals surface area contributed by atoms with Gasteiger partial charge in [0, 0.05) is 5.92 Å². The molecule has 2 saturated carbocycles. The van der Waals surface area contributed by atoms with Crippen molar-refractivity contribution in [2.45, 2.75) is 83.2 Å². The second-order valence-electron chi connectivity index (χ2n) is 7.30. The average molecular weight is 292 g/mol. The molecule has 1 N–H and O–H groups in total. The van der Waals surface area contributed by atoms with Crippen LogP contribution in [0.3, 0.4) is 0 Å². The topological polar surface area (TPSA) is 59.2 Å². The van der Waals surface area contributed by atoms with Gasteiger partial charge in [-0.3, -0.25) is 0 Å². The smallest absolute Gasteiger partial charge is 0.232 e. The molecule has 0 aromatic carbocycles. The van der Waals surface area contributed by atoms with E-state index in [1.165, 1.54) is 25.7 Å². The van der Waals surface area contributed by atoms with Crippen molar-refractivity contribution in [1.82, 2.24) is 10.1 Å². The van der Waals surface area contributed by atoms with Crippen molar-refractivity contribution in [3.63, 3.8) is 0 Å². The molecule has 0 aliphatic heterocycles. The second-order valence-corrected chi connectivity index (χ2v) is 7.30. The van der Waals surface area contributed by atoms with Crippen LogP contribution in [-0.2, 0) is 0 Å². The van der Waals surface area contributed by atoms with Crippen LogP contribution < -0.4 is 0 Å². The van der Waals surface area contributed by atoms with Crippen molar-refractivity contribution >= 4 is 0 Å². The van der Waals surface area contributed by atoms with Crippen LogP contribution in [-0.4, -0.2) is 21.4 Å². The molecular weight excluding hydrogens is 264 g/mol. The van der Waals surface area contributed by atoms with E-state index in [9.17, 15) is 5.11 Å². The number of hydrogen-bond acceptors (Lipinski definition) is 4. The summed E-state index contributed by atoms with van der Waals surface area (Å²) in [5.74, 6) is 3.70. The zero-order chi connectivity index (χ0) is 14.8. The number of aromatic nitrogens is 2. The molecule has 4 nitrogen and oxygen atoms in total. The first-order chi connectivity index (χ1) is 10.1. The molecule has 1 aromatic heterocycles. The van der Waals surface area contributed by atoms with Gasteiger partial charge >= 0.3 is 0 Å². The third kappa shape index (κ3) is 3.31. The van der Waals surface area contributed by atoms with E-state index in [-0.39, 0.29) is 12.0 Å². The van der Waals surface area contributed by atoms with E-state index in [0.717, 1.165) is 43.3 Å². The van der Waals surface area contributed by atoms with E-state index in [1.807, 2.05) is 0 Å². The zero-order valence-corrected chi connectivity index (χ0v) is 13.3. The summed E-state index contributed by atoms with van der Waals surface area (Å²) in [5.41, 5.74) is 0. The Morgan fingerprint density at radius 3 is 2.43 bits per heavy atom. The van der Waals surface area contributed by atoms with E-state index >= 15 is 0 Å². The highest BCUT2D eigenvalue weighted by Gasteiger charge is 2.32. The molecule has 21 heavy (non-hydrogen) atoms. The van der Waals surface area contributed by atoms with E-state index in [4.69, 9.17) is 4.52 Å². The molecule has 2 aliphatic carbocycles. The van der Waals surface area contributed by atoms with Gasteiger partial charge in [0.2, 0.25) is 5.89 Å². The summed E-state index contributed by atoms with van der Waals surface area (Å²) in [6, 6.07) is 0. The maximum atomic E-state index is 10.1. The van der Waals surface area contributed by atoms with Crippen LogP contribution in [0.25, 0.3) is 0 Å². The van der Waals surface area contributed by atoms with Gasteiger partial charge in [0.05, 0.1) is 12.0 Å². The predicted octanol–water partition coefficient (Wildman–Crippen LogP) is 4.02. The Morgan fingerprint density at radius 2 is 1.76 bits per heavy atom. The Morgan fingerprint density at radius 1 is 1.05 bits per heavy atom. The molecule has 1 aromatic rings. The molecule has 0 amide bonds. The Kier molecular flexibility index (Phi) is 4.63. The highest BCUT2D eigenvalue weighted by Crippen LogP contribution is 2.39. The first-order valence-electron chi connectivity index (χ1n) is 8.66. The third-order valence-electron chi connectivity index (χ3n) is 5.58. The van der Waals surface area contributed by atoms with Crippen LogP contribution >= 0.6 is 0 Å². The summed E-state index contributed by atoms with van der Waals surface area (Å²) < 4.78 is 5.48. The van der Waals surface area contributed by atoms with Gasteiger partial charge in [0.15, 0.2) is 5.82 Å². The molecule has 2 unspecified atom stereocenters. The minimum Gasteiger partial charge on any atom is -0.392 e. The monoisotopic (exact) mass is 292 g/mol. The molecule has 118 valence electrons. The first kappa shape index (κ1) is 15.0. The molecule has 0 saturated heterocycles. The van der Waals surface area contributed by atoms with Crippen molar-refractivity contribution in [2.24, 2.45) is 11.8 Å². The Labute approximate surface area is 127 Å². The van der Waals surface area contributed by atoms with Crippen molar-refractivity contribution in [3.8, 4) is 0 Å². The Hall–Kier alpha value is -0.900. The average Bonchev–Trinajstić information content (AvgIpc) is 2.97. The highest BCUT2D eigenvalue weighted by molar-refractivity contribution is 5.03. The summed E-state index contributed by atoms with van der Waals surface area (Å²) in [7, 11) is 0. The SMILES string of the molecule is CC(C)C1CCC(c2noc(C3CCCCC3O)n2)CC1. The van der Waals surface area contributed by atoms with Crippen LogP contribution in [0.5, 0.6) is 0 Å². The van der Waals surface area contributed by atoms with Crippen molar-refractivity contribution in [1.29, 1.82) is 0 Å². The lowest BCUT2D eigenvalue weighted by molar-refractivity contribution is 0.0908. The van der Waals surface area contributed by atoms with Crippen molar-refractivity contribution in [2.75, 3.05) is 0 Å². The maximum Gasteiger partial charge on any atom is 0.232 e. The van der Waals surface area contributed by atoms with Gasteiger partial charge in [-0.2, -0.15) is 4.98 Å². The van der Waals surface area contributed by atoms with Crippen LogP contribution in [0.15, 0.2) is 4.52 Å². The van der Waals surface area contributed by atoms with Gasteiger partial charge < -0.3 is 9.63 Å². The van der Waals surface area contributed by atoms with E-state index in [1.54, 1.807) is 0 Å². The molecule has 0 bridgehead atoms. The van der Waals surface area contributed by atoms with E-state index < -0.39 is 0 Å². The van der Waals surface area contributed by atoms with Crippen LogP contribution in [0.4, 0.5) is 0 Å². The van der Waals surface area contributed by atoms with E-state index in [2.05, 4.69) is 24.0 Å². The molecule has 2 aliphatic rings. The fourth-order valence-electron chi connectivity index (χ4n) is 4.01. The fourth-order valence-corrected chi connectivity index (χ4v) is 4.01. The predicted molar refractivity (Wildman–Crippen MR) is 81.1 cm³/mol. The quantitative estimate of drug-likeness (QED) is 0.914. The van der Waals surface area contributed by atoms with Crippen molar-refractivity contribution in [3.05, 3.63) is 11.7 Å². The second kappa shape index (κ2) is 6.47. The van der Waals surface area contributed by atoms with Crippen LogP contribution in [0.2, 0.25) is 0 Å². The number of aliphatic hydroxyl groups excluding tert-OH is 1. The first-order valence-corrected chi connectivity index (χ1v) is 8.66. The number of nitrogens with zero attached hydrogens (tertiary/aromatic N) is 2. The van der Waals surface area contributed by atoms with Gasteiger partial charge in [-0.05, 0) is 50.4 Å². The molecule has 2 atom stereocenters. The largest absolute Gasteiger partial charge is 0.392 e. The summed E-state index contributed by atoms with van der Waals surface area (Å²) in [6.45, 7) is 4.64. The number of aliphatic hydroxyl groups is 1. The minimum absolute atomic E-state index is 0.0620. The Balaban J connectivity index is 1.63. The molecule has 0 radical (unpaired) electrons. The maximum absolute atomic E-state index is 10.1. The summed E-state index contributed by atoms with van der Waals surface area (Å²) in [4.78, 5) is 4.64.